The lowest BCUT2D eigenvalue weighted by atomic mass is 9.83. The molecule has 3 N–H and O–H groups in total. The van der Waals surface area contributed by atoms with Gasteiger partial charge in [0, 0.05) is 25.6 Å². The van der Waals surface area contributed by atoms with Crippen molar-refractivity contribution in [2.24, 2.45) is 32.3 Å². The van der Waals surface area contributed by atoms with Crippen LogP contribution in [0.2, 0.25) is 0 Å². The number of azide groups is 4. The Labute approximate surface area is 266 Å². The van der Waals surface area contributed by atoms with Crippen molar-refractivity contribution in [3.05, 3.63) is 77.7 Å². The largest absolute Gasteiger partial charge is 0.453 e. The standard InChI is InChI=1S/C26H34N12O9/c1-11-16(9-31-35-27)43-26(21(11)45-24(42)13-6-4-3-5-7-13)47-23-15(33-37-29)8-14(32-36-28)22(20(23)41)46-25-18(34-38-30)12(2)19(40)17(10-39)44-25/h3-7,11-12,14-23,25-26,39-41H,8-10H2,1-2H3/t11-,12+,14?,15+,16+,17?,18?,19-,20-,21?,22+,23?,25+,26-/m0/s1. The molecule has 14 atom stereocenters. The van der Waals surface area contributed by atoms with Crippen LogP contribution in [0.3, 0.4) is 0 Å². The number of carbonyl (C=O) groups excluding carboxylic acids is 1. The van der Waals surface area contributed by atoms with Gasteiger partial charge in [-0.05, 0) is 46.6 Å². The molecule has 0 amide bonds. The van der Waals surface area contributed by atoms with Gasteiger partial charge in [-0.15, -0.1) is 0 Å². The van der Waals surface area contributed by atoms with Gasteiger partial charge in [0.1, 0.15) is 12.2 Å². The van der Waals surface area contributed by atoms with Crippen molar-refractivity contribution in [3.63, 3.8) is 0 Å². The van der Waals surface area contributed by atoms with Crippen LogP contribution in [0.25, 0.3) is 41.8 Å². The molecule has 3 aliphatic rings. The molecule has 5 unspecified atom stereocenters. The highest BCUT2D eigenvalue weighted by molar-refractivity contribution is 5.89. The molecule has 4 rings (SSSR count). The van der Waals surface area contributed by atoms with Crippen LogP contribution < -0.4 is 0 Å². The van der Waals surface area contributed by atoms with Gasteiger partial charge < -0.3 is 39.0 Å². The number of rotatable bonds is 12. The number of hydrogen-bond acceptors (Lipinski definition) is 13. The van der Waals surface area contributed by atoms with Gasteiger partial charge in [-0.3, -0.25) is 0 Å². The number of aliphatic hydroxyl groups is 3. The minimum absolute atomic E-state index is 0.134. The van der Waals surface area contributed by atoms with Crippen molar-refractivity contribution in [1.29, 1.82) is 0 Å². The lowest BCUT2D eigenvalue weighted by molar-refractivity contribution is -0.294. The van der Waals surface area contributed by atoms with Gasteiger partial charge in [0.15, 0.2) is 18.7 Å². The summed E-state index contributed by atoms with van der Waals surface area (Å²) in [5, 5.41) is 46.7. The van der Waals surface area contributed by atoms with Gasteiger partial charge in [-0.2, -0.15) is 0 Å². The first-order valence-corrected chi connectivity index (χ1v) is 14.7. The van der Waals surface area contributed by atoms with E-state index in [2.05, 4.69) is 40.1 Å². The van der Waals surface area contributed by atoms with Crippen molar-refractivity contribution in [2.75, 3.05) is 13.2 Å². The first kappa shape index (κ1) is 35.5. The molecule has 2 saturated heterocycles. The molecule has 21 heteroatoms. The normalized spacial score (nSPS) is 38.1. The number of nitrogens with zero attached hydrogens (tertiary/aromatic N) is 12. The van der Waals surface area contributed by atoms with Gasteiger partial charge in [-0.1, -0.05) is 52.5 Å². The number of aliphatic hydroxyl groups excluding tert-OH is 3. The summed E-state index contributed by atoms with van der Waals surface area (Å²) in [5.74, 6) is -2.02. The zero-order valence-corrected chi connectivity index (χ0v) is 25.2. The van der Waals surface area contributed by atoms with Crippen LogP contribution in [0.4, 0.5) is 0 Å². The average Bonchev–Trinajstić information content (AvgIpc) is 3.36. The van der Waals surface area contributed by atoms with Crippen molar-refractivity contribution < 1.29 is 43.8 Å². The van der Waals surface area contributed by atoms with Crippen LogP contribution >= 0.6 is 0 Å². The zero-order valence-electron chi connectivity index (χ0n) is 25.2. The van der Waals surface area contributed by atoms with Gasteiger partial charge >= 0.3 is 5.97 Å². The second-order valence-corrected chi connectivity index (χ2v) is 11.3. The highest BCUT2D eigenvalue weighted by atomic mass is 16.7. The highest BCUT2D eigenvalue weighted by Gasteiger charge is 2.53. The predicted molar refractivity (Wildman–Crippen MR) is 158 cm³/mol. The second-order valence-electron chi connectivity index (χ2n) is 11.3. The Bertz CT molecular complexity index is 1430. The smallest absolute Gasteiger partial charge is 0.338 e. The van der Waals surface area contributed by atoms with E-state index in [0.717, 1.165) is 0 Å². The summed E-state index contributed by atoms with van der Waals surface area (Å²) < 4.78 is 29.7. The van der Waals surface area contributed by atoms with Crippen LogP contribution in [0.15, 0.2) is 50.8 Å². The maximum atomic E-state index is 13.0. The fraction of sp³-hybridized carbons (Fsp3) is 0.731. The molecule has 0 radical (unpaired) electrons. The quantitative estimate of drug-likeness (QED) is 0.128. The lowest BCUT2D eigenvalue weighted by Gasteiger charge is -2.47. The fourth-order valence-electron chi connectivity index (χ4n) is 5.97. The Hall–Kier alpha value is -4.35. The fourth-order valence-corrected chi connectivity index (χ4v) is 5.97. The van der Waals surface area contributed by atoms with Crippen molar-refractivity contribution in [2.45, 2.75) is 93.7 Å². The third kappa shape index (κ3) is 7.97. The summed E-state index contributed by atoms with van der Waals surface area (Å²) in [7, 11) is 0. The van der Waals surface area contributed by atoms with E-state index in [-0.39, 0.29) is 18.5 Å². The molecule has 2 aliphatic heterocycles. The Kier molecular flexibility index (Phi) is 12.4. The molecule has 1 aliphatic carbocycles. The summed E-state index contributed by atoms with van der Waals surface area (Å²) in [6, 6.07) is 4.68. The SMILES string of the molecule is C[C@@H]1C(N=[N+]=[N-])[C@@H](O[C@@H]2C(N=[N+]=[N-])C[C@@H](N=[N+]=[N-])C(O[C@@H]3O[C@H](CN=[N+]=[N-])[C@H](C)C3OC(=O)c3ccccc3)[C@H]2O)OC(CO)[C@H]1O. The first-order valence-electron chi connectivity index (χ1n) is 14.7. The van der Waals surface area contributed by atoms with Gasteiger partial charge in [0.05, 0.1) is 61.3 Å². The van der Waals surface area contributed by atoms with E-state index < -0.39 is 97.8 Å². The Morgan fingerprint density at radius 1 is 0.830 bits per heavy atom. The van der Waals surface area contributed by atoms with Crippen molar-refractivity contribution >= 4 is 5.97 Å². The van der Waals surface area contributed by atoms with Crippen LogP contribution in [0.5, 0.6) is 0 Å². The minimum atomic E-state index is -1.72. The van der Waals surface area contributed by atoms with Crippen LogP contribution in [0, 0.1) is 11.8 Å². The number of ether oxygens (including phenoxy) is 5. The zero-order chi connectivity index (χ0) is 34.1. The van der Waals surface area contributed by atoms with Crippen LogP contribution in [-0.2, 0) is 23.7 Å². The second kappa shape index (κ2) is 16.5. The monoisotopic (exact) mass is 658 g/mol. The molecule has 0 spiro atoms. The molecule has 0 bridgehead atoms. The van der Waals surface area contributed by atoms with Crippen LogP contribution in [0.1, 0.15) is 30.6 Å². The highest BCUT2D eigenvalue weighted by Crippen LogP contribution is 2.38. The molecule has 1 saturated carbocycles. The molecule has 3 fully saturated rings. The van der Waals surface area contributed by atoms with E-state index in [4.69, 9.17) is 34.7 Å². The number of esters is 1. The molecule has 252 valence electrons. The summed E-state index contributed by atoms with van der Waals surface area (Å²) in [6.45, 7) is 2.51. The molecule has 1 aromatic carbocycles. The molecular weight excluding hydrogens is 624 g/mol. The minimum Gasteiger partial charge on any atom is -0.453 e. The third-order valence-electron chi connectivity index (χ3n) is 8.57. The van der Waals surface area contributed by atoms with E-state index in [9.17, 15) is 31.2 Å². The number of hydrogen-bond donors (Lipinski definition) is 3. The molecule has 2 heterocycles. The molecule has 1 aromatic rings. The van der Waals surface area contributed by atoms with E-state index in [1.807, 2.05) is 0 Å². The molecule has 0 aromatic heterocycles. The number of benzene rings is 1. The van der Waals surface area contributed by atoms with Crippen LogP contribution in [-0.4, -0.2) is 108 Å². The summed E-state index contributed by atoms with van der Waals surface area (Å²) >= 11 is 0. The van der Waals surface area contributed by atoms with Crippen molar-refractivity contribution in [3.8, 4) is 0 Å². The summed E-state index contributed by atoms with van der Waals surface area (Å²) in [6.07, 6.45) is -11.7. The Balaban J connectivity index is 1.65. The summed E-state index contributed by atoms with van der Waals surface area (Å²) in [4.78, 5) is 24.3. The summed E-state index contributed by atoms with van der Waals surface area (Å²) in [5.41, 5.74) is 36.9. The van der Waals surface area contributed by atoms with Crippen molar-refractivity contribution in [1.82, 2.24) is 0 Å². The third-order valence-corrected chi connectivity index (χ3v) is 8.57. The molecular formula is C26H34N12O9. The Morgan fingerprint density at radius 2 is 1.43 bits per heavy atom. The first-order chi connectivity index (χ1) is 22.7. The predicted octanol–water partition coefficient (Wildman–Crippen LogP) is 3.17. The molecule has 21 nitrogen and oxygen atoms in total. The van der Waals surface area contributed by atoms with E-state index >= 15 is 0 Å². The van der Waals surface area contributed by atoms with E-state index in [1.54, 1.807) is 44.2 Å². The lowest BCUT2D eigenvalue weighted by Crippen LogP contribution is -2.61. The maximum absolute atomic E-state index is 13.0. The average molecular weight is 659 g/mol. The maximum Gasteiger partial charge on any atom is 0.338 e. The number of carbonyl (C=O) groups is 1. The van der Waals surface area contributed by atoms with Gasteiger partial charge in [-0.25, -0.2) is 4.79 Å². The van der Waals surface area contributed by atoms with Gasteiger partial charge in [0.2, 0.25) is 0 Å². The molecule has 47 heavy (non-hydrogen) atoms. The topological polar surface area (TPSA) is 319 Å². The van der Waals surface area contributed by atoms with E-state index in [0.29, 0.717) is 0 Å². The van der Waals surface area contributed by atoms with E-state index in [1.165, 1.54) is 0 Å². The van der Waals surface area contributed by atoms with Gasteiger partial charge in [0.25, 0.3) is 0 Å². The Morgan fingerprint density at radius 3 is 2.00 bits per heavy atom.